The molecule has 1 atom stereocenters. The zero-order valence-corrected chi connectivity index (χ0v) is 10.8. The first kappa shape index (κ1) is 13.5. The van der Waals surface area contributed by atoms with Gasteiger partial charge in [0.1, 0.15) is 0 Å². The Morgan fingerprint density at radius 3 is 2.94 bits per heavy atom. The number of nitrogens with one attached hydrogen (secondary N) is 2. The molecule has 2 rings (SSSR count). The van der Waals surface area contributed by atoms with Crippen LogP contribution in [0.2, 0.25) is 0 Å². The van der Waals surface area contributed by atoms with E-state index in [2.05, 4.69) is 34.2 Å². The predicted octanol–water partition coefficient (Wildman–Crippen LogP) is 1.40. The van der Waals surface area contributed by atoms with E-state index >= 15 is 0 Å². The van der Waals surface area contributed by atoms with Gasteiger partial charge in [0.2, 0.25) is 0 Å². The van der Waals surface area contributed by atoms with Gasteiger partial charge >= 0.3 is 0 Å². The Morgan fingerprint density at radius 1 is 1.62 bits per heavy atom. The van der Waals surface area contributed by atoms with Crippen molar-refractivity contribution in [2.45, 2.75) is 38.4 Å². The molecule has 5 heteroatoms. The van der Waals surface area contributed by atoms with Crippen LogP contribution in [0, 0.1) is 0 Å². The number of aromatic nitrogens is 2. The fourth-order valence-corrected chi connectivity index (χ4v) is 1.78. The third-order valence-electron chi connectivity index (χ3n) is 3.13. The minimum absolute atomic E-state index is 0. The maximum atomic E-state index is 3.99. The Balaban J connectivity index is 0.00000128. The summed E-state index contributed by atoms with van der Waals surface area (Å²) in [6.45, 7) is 4.19. The standard InChI is InChI=1S/C11H20N4.ClH/c1-9(15(2)11-3-4-11)5-12-6-10-7-13-8-14-10;/h7-9,11-12H,3-6H2,1-2H3,(H,13,14);1H. The number of imidazole rings is 1. The second-order valence-electron chi connectivity index (χ2n) is 4.45. The summed E-state index contributed by atoms with van der Waals surface area (Å²) in [5.41, 5.74) is 1.15. The molecule has 16 heavy (non-hydrogen) atoms. The van der Waals surface area contributed by atoms with Crippen LogP contribution < -0.4 is 5.32 Å². The zero-order chi connectivity index (χ0) is 10.7. The topological polar surface area (TPSA) is 44.0 Å². The van der Waals surface area contributed by atoms with Crippen LogP contribution in [-0.2, 0) is 6.54 Å². The van der Waals surface area contributed by atoms with Crippen LogP contribution in [0.25, 0.3) is 0 Å². The highest BCUT2D eigenvalue weighted by molar-refractivity contribution is 5.85. The van der Waals surface area contributed by atoms with E-state index in [0.29, 0.717) is 6.04 Å². The monoisotopic (exact) mass is 244 g/mol. The maximum Gasteiger partial charge on any atom is 0.0922 e. The summed E-state index contributed by atoms with van der Waals surface area (Å²) >= 11 is 0. The molecule has 1 saturated carbocycles. The molecule has 0 radical (unpaired) electrons. The van der Waals surface area contributed by atoms with E-state index in [1.54, 1.807) is 6.33 Å². The van der Waals surface area contributed by atoms with Crippen LogP contribution in [0.15, 0.2) is 12.5 Å². The molecule has 0 saturated heterocycles. The summed E-state index contributed by atoms with van der Waals surface area (Å²) in [4.78, 5) is 9.55. The van der Waals surface area contributed by atoms with Crippen LogP contribution in [0.4, 0.5) is 0 Å². The van der Waals surface area contributed by atoms with Gasteiger partial charge in [-0.3, -0.25) is 4.90 Å². The van der Waals surface area contributed by atoms with Gasteiger partial charge in [0, 0.05) is 37.1 Å². The Morgan fingerprint density at radius 2 is 2.38 bits per heavy atom. The normalized spacial score (nSPS) is 17.2. The summed E-state index contributed by atoms with van der Waals surface area (Å²) < 4.78 is 0. The van der Waals surface area contributed by atoms with Crippen LogP contribution in [0.3, 0.4) is 0 Å². The highest BCUT2D eigenvalue weighted by Crippen LogP contribution is 2.26. The van der Waals surface area contributed by atoms with Gasteiger partial charge in [0.05, 0.1) is 6.33 Å². The average molecular weight is 245 g/mol. The van der Waals surface area contributed by atoms with E-state index in [-0.39, 0.29) is 12.4 Å². The second kappa shape index (κ2) is 6.23. The van der Waals surface area contributed by atoms with Gasteiger partial charge in [-0.15, -0.1) is 12.4 Å². The molecule has 1 aliphatic carbocycles. The fraction of sp³-hybridized carbons (Fsp3) is 0.727. The van der Waals surface area contributed by atoms with Crippen LogP contribution >= 0.6 is 12.4 Å². The smallest absolute Gasteiger partial charge is 0.0922 e. The molecule has 4 nitrogen and oxygen atoms in total. The first-order valence-electron chi connectivity index (χ1n) is 5.67. The van der Waals surface area contributed by atoms with Crippen LogP contribution in [0.1, 0.15) is 25.5 Å². The maximum absolute atomic E-state index is 3.99. The number of nitrogens with zero attached hydrogens (tertiary/aromatic N) is 2. The number of halogens is 1. The minimum Gasteiger partial charge on any atom is -0.347 e. The Hall–Kier alpha value is -0.580. The van der Waals surface area contributed by atoms with E-state index in [4.69, 9.17) is 0 Å². The molecule has 1 heterocycles. The molecule has 0 amide bonds. The van der Waals surface area contributed by atoms with E-state index in [1.165, 1.54) is 12.8 Å². The lowest BCUT2D eigenvalue weighted by Gasteiger charge is -2.24. The number of hydrogen-bond acceptors (Lipinski definition) is 3. The van der Waals surface area contributed by atoms with Gasteiger partial charge in [-0.05, 0) is 26.8 Å². The molecule has 1 unspecified atom stereocenters. The van der Waals surface area contributed by atoms with Crippen molar-refractivity contribution in [1.82, 2.24) is 20.2 Å². The van der Waals surface area contributed by atoms with Crippen molar-refractivity contribution in [1.29, 1.82) is 0 Å². The SMILES string of the molecule is CC(CNCc1cnc[nH]1)N(C)C1CC1.Cl. The molecule has 1 aromatic rings. The Bertz CT molecular complexity index is 284. The van der Waals surface area contributed by atoms with Crippen molar-refractivity contribution in [2.24, 2.45) is 0 Å². The third-order valence-corrected chi connectivity index (χ3v) is 3.13. The van der Waals surface area contributed by atoms with Gasteiger partial charge in [-0.25, -0.2) is 4.98 Å². The lowest BCUT2D eigenvalue weighted by Crippen LogP contribution is -2.38. The molecular weight excluding hydrogens is 224 g/mol. The third kappa shape index (κ3) is 3.77. The molecule has 0 bridgehead atoms. The lowest BCUT2D eigenvalue weighted by atomic mass is 10.3. The van der Waals surface area contributed by atoms with Crippen molar-refractivity contribution in [3.05, 3.63) is 18.2 Å². The van der Waals surface area contributed by atoms with Gasteiger partial charge in [-0.2, -0.15) is 0 Å². The van der Waals surface area contributed by atoms with E-state index in [1.807, 2.05) is 6.20 Å². The summed E-state index contributed by atoms with van der Waals surface area (Å²) in [7, 11) is 2.22. The van der Waals surface area contributed by atoms with Crippen molar-refractivity contribution in [2.75, 3.05) is 13.6 Å². The number of H-pyrrole nitrogens is 1. The van der Waals surface area contributed by atoms with E-state index in [0.717, 1.165) is 24.8 Å². The van der Waals surface area contributed by atoms with Crippen molar-refractivity contribution < 1.29 is 0 Å². The zero-order valence-electron chi connectivity index (χ0n) is 9.94. The molecule has 0 aromatic carbocycles. The first-order chi connectivity index (χ1) is 7.27. The Kier molecular flexibility index (Phi) is 5.25. The number of aromatic amines is 1. The number of hydrogen-bond donors (Lipinski definition) is 2. The van der Waals surface area contributed by atoms with Crippen molar-refractivity contribution in [3.63, 3.8) is 0 Å². The summed E-state index contributed by atoms with van der Waals surface area (Å²) in [6, 6.07) is 1.45. The van der Waals surface area contributed by atoms with Gasteiger partial charge < -0.3 is 10.3 Å². The molecular formula is C11H21ClN4. The number of likely N-dealkylation sites (N-methyl/N-ethyl adjacent to an activating group) is 1. The molecule has 1 fully saturated rings. The number of rotatable bonds is 6. The van der Waals surface area contributed by atoms with E-state index in [9.17, 15) is 0 Å². The molecule has 1 aliphatic rings. The molecule has 2 N–H and O–H groups in total. The average Bonchev–Trinajstić information content (AvgIpc) is 2.96. The molecule has 0 spiro atoms. The largest absolute Gasteiger partial charge is 0.347 e. The lowest BCUT2D eigenvalue weighted by molar-refractivity contribution is 0.241. The fourth-order valence-electron chi connectivity index (χ4n) is 1.78. The second-order valence-corrected chi connectivity index (χ2v) is 4.45. The molecule has 92 valence electrons. The highest BCUT2D eigenvalue weighted by atomic mass is 35.5. The Labute approximate surface area is 103 Å². The van der Waals surface area contributed by atoms with Crippen LogP contribution in [-0.4, -0.2) is 40.5 Å². The molecule has 0 aliphatic heterocycles. The summed E-state index contributed by atoms with van der Waals surface area (Å²) in [5.74, 6) is 0. The minimum atomic E-state index is 0. The predicted molar refractivity (Wildman–Crippen MR) is 67.8 cm³/mol. The van der Waals surface area contributed by atoms with Crippen LogP contribution in [0.5, 0.6) is 0 Å². The molecule has 1 aromatic heterocycles. The van der Waals surface area contributed by atoms with Gasteiger partial charge in [-0.1, -0.05) is 0 Å². The van der Waals surface area contributed by atoms with Gasteiger partial charge in [0.25, 0.3) is 0 Å². The van der Waals surface area contributed by atoms with Crippen molar-refractivity contribution in [3.8, 4) is 0 Å². The quantitative estimate of drug-likeness (QED) is 0.795. The summed E-state index contributed by atoms with van der Waals surface area (Å²) in [6.07, 6.45) is 6.34. The van der Waals surface area contributed by atoms with E-state index < -0.39 is 0 Å². The highest BCUT2D eigenvalue weighted by Gasteiger charge is 2.28. The first-order valence-corrected chi connectivity index (χ1v) is 5.67. The van der Waals surface area contributed by atoms with Gasteiger partial charge in [0.15, 0.2) is 0 Å². The summed E-state index contributed by atoms with van der Waals surface area (Å²) in [5, 5.41) is 3.44. The van der Waals surface area contributed by atoms with Crippen molar-refractivity contribution >= 4 is 12.4 Å².